The summed E-state index contributed by atoms with van der Waals surface area (Å²) in [6.07, 6.45) is 0. The summed E-state index contributed by atoms with van der Waals surface area (Å²) in [6.45, 7) is 5.74. The van der Waals surface area contributed by atoms with Crippen LogP contribution in [0.1, 0.15) is 20.8 Å². The molecule has 3 nitrogen and oxygen atoms in total. The summed E-state index contributed by atoms with van der Waals surface area (Å²) in [5.74, 6) is 0. The summed E-state index contributed by atoms with van der Waals surface area (Å²) in [6, 6.07) is 5.03. The van der Waals surface area contributed by atoms with Crippen molar-refractivity contribution in [2.75, 3.05) is 5.32 Å². The second-order valence-corrected chi connectivity index (χ2v) is 5.78. The van der Waals surface area contributed by atoms with Gasteiger partial charge in [0.1, 0.15) is 0 Å². The van der Waals surface area contributed by atoms with Crippen LogP contribution in [-0.4, -0.2) is 11.6 Å². The lowest BCUT2D eigenvalue weighted by molar-refractivity contribution is 0.244. The van der Waals surface area contributed by atoms with Crippen LogP contribution >= 0.6 is 27.5 Å². The van der Waals surface area contributed by atoms with E-state index in [0.29, 0.717) is 10.7 Å². The van der Waals surface area contributed by atoms with Crippen molar-refractivity contribution in [2.45, 2.75) is 26.3 Å². The molecule has 1 rings (SSSR count). The van der Waals surface area contributed by atoms with Crippen LogP contribution in [0.15, 0.2) is 22.7 Å². The van der Waals surface area contributed by atoms with Crippen LogP contribution in [0.3, 0.4) is 0 Å². The van der Waals surface area contributed by atoms with Crippen LogP contribution in [-0.2, 0) is 0 Å². The van der Waals surface area contributed by atoms with Crippen molar-refractivity contribution < 1.29 is 4.79 Å². The summed E-state index contributed by atoms with van der Waals surface area (Å²) >= 11 is 9.27. The smallest absolute Gasteiger partial charge is 0.319 e. The molecule has 88 valence electrons. The molecule has 0 atom stereocenters. The van der Waals surface area contributed by atoms with E-state index < -0.39 is 0 Å². The van der Waals surface area contributed by atoms with Crippen LogP contribution in [0.4, 0.5) is 10.5 Å². The van der Waals surface area contributed by atoms with Gasteiger partial charge >= 0.3 is 6.03 Å². The highest BCUT2D eigenvalue weighted by molar-refractivity contribution is 9.10. The maximum Gasteiger partial charge on any atom is 0.319 e. The minimum Gasteiger partial charge on any atom is -0.333 e. The van der Waals surface area contributed by atoms with Gasteiger partial charge in [-0.05, 0) is 39.0 Å². The first-order valence-corrected chi connectivity index (χ1v) is 5.99. The Morgan fingerprint density at radius 2 is 2.00 bits per heavy atom. The molecule has 2 N–H and O–H groups in total. The van der Waals surface area contributed by atoms with E-state index in [1.54, 1.807) is 12.1 Å². The minimum absolute atomic E-state index is 0.267. The second-order valence-electron chi connectivity index (χ2n) is 4.45. The molecule has 0 bridgehead atoms. The normalized spacial score (nSPS) is 11.1. The summed E-state index contributed by atoms with van der Waals surface area (Å²) < 4.78 is 0.874. The standard InChI is InChI=1S/C11H14BrClN2O/c1-11(2,3)15-10(16)14-9-5-4-7(12)6-8(9)13/h4-6H,1-3H3,(H2,14,15,16). The summed E-state index contributed by atoms with van der Waals surface area (Å²) in [5.41, 5.74) is 0.318. The van der Waals surface area contributed by atoms with Gasteiger partial charge in [0.15, 0.2) is 0 Å². The number of amides is 2. The lowest BCUT2D eigenvalue weighted by Crippen LogP contribution is -2.43. The van der Waals surface area contributed by atoms with Crippen molar-refractivity contribution >= 4 is 39.2 Å². The monoisotopic (exact) mass is 304 g/mol. The van der Waals surface area contributed by atoms with Gasteiger partial charge in [-0.2, -0.15) is 0 Å². The average molecular weight is 306 g/mol. The third kappa shape index (κ3) is 4.41. The number of rotatable bonds is 1. The zero-order chi connectivity index (χ0) is 12.3. The first kappa shape index (κ1) is 13.3. The number of halogens is 2. The molecule has 0 aliphatic heterocycles. The molecular weight excluding hydrogens is 291 g/mol. The highest BCUT2D eigenvalue weighted by Gasteiger charge is 2.14. The van der Waals surface area contributed by atoms with Crippen LogP contribution in [0.25, 0.3) is 0 Å². The quantitative estimate of drug-likeness (QED) is 0.808. The second kappa shape index (κ2) is 5.06. The lowest BCUT2D eigenvalue weighted by atomic mass is 10.1. The van der Waals surface area contributed by atoms with Gasteiger partial charge in [0.2, 0.25) is 0 Å². The molecule has 0 spiro atoms. The largest absolute Gasteiger partial charge is 0.333 e. The van der Waals surface area contributed by atoms with Gasteiger partial charge in [0, 0.05) is 10.0 Å². The lowest BCUT2D eigenvalue weighted by Gasteiger charge is -2.21. The molecule has 1 aromatic carbocycles. The van der Waals surface area contributed by atoms with Gasteiger partial charge in [-0.25, -0.2) is 4.79 Å². The van der Waals surface area contributed by atoms with Crippen LogP contribution in [0, 0.1) is 0 Å². The number of carbonyl (C=O) groups excluding carboxylic acids is 1. The molecule has 0 unspecified atom stereocenters. The zero-order valence-electron chi connectivity index (χ0n) is 9.40. The zero-order valence-corrected chi connectivity index (χ0v) is 11.7. The number of benzene rings is 1. The van der Waals surface area contributed by atoms with Crippen molar-refractivity contribution in [1.82, 2.24) is 5.32 Å². The molecule has 16 heavy (non-hydrogen) atoms. The number of hydrogen-bond donors (Lipinski definition) is 2. The van der Waals surface area contributed by atoms with Gasteiger partial charge in [0.25, 0.3) is 0 Å². The number of urea groups is 1. The molecule has 0 fully saturated rings. The fourth-order valence-corrected chi connectivity index (χ4v) is 1.81. The molecule has 0 saturated heterocycles. The highest BCUT2D eigenvalue weighted by atomic mass is 79.9. The summed E-state index contributed by atoms with van der Waals surface area (Å²) in [4.78, 5) is 11.6. The van der Waals surface area contributed by atoms with E-state index >= 15 is 0 Å². The van der Waals surface area contributed by atoms with Crippen LogP contribution < -0.4 is 10.6 Å². The first-order valence-electron chi connectivity index (χ1n) is 4.82. The van der Waals surface area contributed by atoms with E-state index in [0.717, 1.165) is 4.47 Å². The van der Waals surface area contributed by atoms with Crippen molar-refractivity contribution in [3.05, 3.63) is 27.7 Å². The van der Waals surface area contributed by atoms with Gasteiger partial charge in [-0.3, -0.25) is 0 Å². The van der Waals surface area contributed by atoms with E-state index in [2.05, 4.69) is 26.6 Å². The van der Waals surface area contributed by atoms with E-state index in [4.69, 9.17) is 11.6 Å². The van der Waals surface area contributed by atoms with Gasteiger partial charge in [-0.15, -0.1) is 0 Å². The fourth-order valence-electron chi connectivity index (χ4n) is 1.09. The molecule has 5 heteroatoms. The maximum absolute atomic E-state index is 11.6. The molecule has 1 aromatic rings. The number of anilines is 1. The molecule has 0 saturated carbocycles. The van der Waals surface area contributed by atoms with Gasteiger partial charge in [0.05, 0.1) is 10.7 Å². The topological polar surface area (TPSA) is 41.1 Å². The predicted octanol–water partition coefficient (Wildman–Crippen LogP) is 4.02. The minimum atomic E-state index is -0.272. The first-order chi connectivity index (χ1) is 7.28. The Morgan fingerprint density at radius 3 is 2.50 bits per heavy atom. The number of hydrogen-bond acceptors (Lipinski definition) is 1. The Kier molecular flexibility index (Phi) is 4.21. The summed E-state index contributed by atoms with van der Waals surface area (Å²) in [5, 5.41) is 5.98. The van der Waals surface area contributed by atoms with Crippen LogP contribution in [0.5, 0.6) is 0 Å². The Hall–Kier alpha value is -0.740. The Bertz CT molecular complexity index is 401. The van der Waals surface area contributed by atoms with E-state index in [1.165, 1.54) is 0 Å². The average Bonchev–Trinajstić information content (AvgIpc) is 2.06. The molecule has 0 heterocycles. The third-order valence-corrected chi connectivity index (χ3v) is 2.47. The predicted molar refractivity (Wildman–Crippen MR) is 71.1 cm³/mol. The van der Waals surface area contributed by atoms with Crippen molar-refractivity contribution in [1.29, 1.82) is 0 Å². The van der Waals surface area contributed by atoms with Crippen molar-refractivity contribution in [3.63, 3.8) is 0 Å². The number of carbonyl (C=O) groups is 1. The molecule has 0 aromatic heterocycles. The van der Waals surface area contributed by atoms with E-state index in [-0.39, 0.29) is 11.6 Å². The summed E-state index contributed by atoms with van der Waals surface area (Å²) in [7, 11) is 0. The van der Waals surface area contributed by atoms with Crippen molar-refractivity contribution in [3.8, 4) is 0 Å². The highest BCUT2D eigenvalue weighted by Crippen LogP contribution is 2.25. The molecule has 0 radical (unpaired) electrons. The fraction of sp³-hybridized carbons (Fsp3) is 0.364. The SMILES string of the molecule is CC(C)(C)NC(=O)Nc1ccc(Br)cc1Cl. The Labute approximate surface area is 109 Å². The van der Waals surface area contributed by atoms with Crippen LogP contribution in [0.2, 0.25) is 5.02 Å². The maximum atomic E-state index is 11.6. The molecule has 0 aliphatic rings. The van der Waals surface area contributed by atoms with Gasteiger partial charge in [-0.1, -0.05) is 27.5 Å². The van der Waals surface area contributed by atoms with Crippen molar-refractivity contribution in [2.24, 2.45) is 0 Å². The number of nitrogens with one attached hydrogen (secondary N) is 2. The van der Waals surface area contributed by atoms with Gasteiger partial charge < -0.3 is 10.6 Å². The molecular formula is C11H14BrClN2O. The Balaban J connectivity index is 2.70. The third-order valence-electron chi connectivity index (χ3n) is 1.67. The van der Waals surface area contributed by atoms with E-state index in [9.17, 15) is 4.79 Å². The Morgan fingerprint density at radius 1 is 1.38 bits per heavy atom. The molecule has 2 amide bonds. The molecule has 0 aliphatic carbocycles. The van der Waals surface area contributed by atoms with E-state index in [1.807, 2.05) is 26.8 Å².